The van der Waals surface area contributed by atoms with Gasteiger partial charge in [-0.3, -0.25) is 0 Å². The summed E-state index contributed by atoms with van der Waals surface area (Å²) in [4.78, 5) is 0. The van der Waals surface area contributed by atoms with E-state index in [0.717, 1.165) is 36.4 Å². The third kappa shape index (κ3) is 8.27. The smallest absolute Gasteiger partial charge is 0.416 e. The second-order valence-electron chi connectivity index (χ2n) is 13.7. The fraction of sp³-hybridized carbons (Fsp3) is 0.125. The predicted molar refractivity (Wildman–Crippen MR) is 214 cm³/mol. The number of hydrogen-bond donors (Lipinski definition) is 0. The molecule has 12 heteroatoms. The van der Waals surface area contributed by atoms with Crippen molar-refractivity contribution in [3.8, 4) is 84.0 Å². The van der Waals surface area contributed by atoms with Gasteiger partial charge in [0, 0.05) is 0 Å². The van der Waals surface area contributed by atoms with Gasteiger partial charge in [-0.1, -0.05) is 72.8 Å². The molecule has 0 aliphatic carbocycles. The molecule has 0 saturated carbocycles. The highest BCUT2D eigenvalue weighted by atomic mass is 19.4. The lowest BCUT2D eigenvalue weighted by Gasteiger charge is -2.29. The van der Waals surface area contributed by atoms with Gasteiger partial charge in [-0.2, -0.15) is 39.5 Å². The Balaban J connectivity index is 1.78. The Hall–Kier alpha value is -6.69. The van der Waals surface area contributed by atoms with E-state index in [-0.39, 0.29) is 11.1 Å². The monoisotopic (exact) mass is 828 g/mol. The maximum atomic E-state index is 14.1. The van der Waals surface area contributed by atoms with Crippen molar-refractivity contribution < 1.29 is 53.7 Å². The predicted octanol–water partition coefficient (Wildman–Crippen LogP) is 14.8. The van der Waals surface area contributed by atoms with Crippen molar-refractivity contribution in [1.29, 1.82) is 0 Å². The number of hydrogen-bond acceptors (Lipinski definition) is 3. The molecular formula is C48H33F9O3. The quantitative estimate of drug-likeness (QED) is 0.136. The van der Waals surface area contributed by atoms with Crippen LogP contribution in [0.1, 0.15) is 16.7 Å². The van der Waals surface area contributed by atoms with Crippen molar-refractivity contribution in [3.63, 3.8) is 0 Å². The molecule has 7 aromatic rings. The Morgan fingerprint density at radius 2 is 0.400 bits per heavy atom. The van der Waals surface area contributed by atoms with Crippen molar-refractivity contribution >= 4 is 0 Å². The minimum absolute atomic E-state index is 0.243. The molecule has 0 radical (unpaired) electrons. The van der Waals surface area contributed by atoms with Crippen molar-refractivity contribution in [1.82, 2.24) is 0 Å². The van der Waals surface area contributed by atoms with Crippen LogP contribution in [0.15, 0.2) is 146 Å². The molecule has 60 heavy (non-hydrogen) atoms. The molecule has 306 valence electrons. The summed E-state index contributed by atoms with van der Waals surface area (Å²) in [6.07, 6.45) is -14.1. The third-order valence-electron chi connectivity index (χ3n) is 10.1. The van der Waals surface area contributed by atoms with Gasteiger partial charge in [0.15, 0.2) is 0 Å². The van der Waals surface area contributed by atoms with Crippen LogP contribution < -0.4 is 14.2 Å². The molecule has 0 atom stereocenters. The van der Waals surface area contributed by atoms with Gasteiger partial charge in [-0.15, -0.1) is 0 Å². The van der Waals surface area contributed by atoms with Crippen LogP contribution in [-0.2, 0) is 18.5 Å². The topological polar surface area (TPSA) is 27.7 Å². The number of methoxy groups -OCH3 is 3. The third-order valence-corrected chi connectivity index (χ3v) is 10.1. The minimum atomic E-state index is -4.70. The van der Waals surface area contributed by atoms with E-state index in [0.29, 0.717) is 72.9 Å². The van der Waals surface area contributed by atoms with Crippen LogP contribution in [-0.4, -0.2) is 21.3 Å². The molecule has 0 aliphatic heterocycles. The Bertz CT molecular complexity index is 2590. The second kappa shape index (κ2) is 16.2. The summed E-state index contributed by atoms with van der Waals surface area (Å²) < 4.78 is 143. The average Bonchev–Trinajstić information content (AvgIpc) is 3.25. The first-order chi connectivity index (χ1) is 28.5. The Morgan fingerprint density at radius 3 is 0.533 bits per heavy atom. The van der Waals surface area contributed by atoms with Crippen LogP contribution in [0.25, 0.3) is 66.8 Å². The molecule has 3 nitrogen and oxygen atoms in total. The van der Waals surface area contributed by atoms with Gasteiger partial charge in [0.25, 0.3) is 0 Å². The largest absolute Gasteiger partial charge is 0.497 e. The molecule has 0 heterocycles. The highest BCUT2D eigenvalue weighted by Crippen LogP contribution is 2.56. The summed E-state index contributed by atoms with van der Waals surface area (Å²) in [6.45, 7) is 0. The zero-order chi connectivity index (χ0) is 43.0. The van der Waals surface area contributed by atoms with Crippen LogP contribution in [0, 0.1) is 0 Å². The lowest BCUT2D eigenvalue weighted by Crippen LogP contribution is -2.06. The number of ether oxygens (including phenoxy) is 3. The summed E-state index contributed by atoms with van der Waals surface area (Å²) in [7, 11) is 4.42. The van der Waals surface area contributed by atoms with Gasteiger partial charge in [-0.25, -0.2) is 0 Å². The summed E-state index contributed by atoms with van der Waals surface area (Å²) in [5.41, 5.74) is 1.83. The zero-order valence-corrected chi connectivity index (χ0v) is 32.0. The lowest BCUT2D eigenvalue weighted by atomic mass is 9.74. The number of alkyl halides is 9. The standard InChI is InChI=1S/C48H33F9O3/c1-58-37-22-10-31(11-23-37)43-40(28-4-16-34(17-5-28)46(49,50)51)41(29-6-18-35(19-7-29)47(52,53)54)44(32-12-24-38(59-2)25-13-32)45(33-14-26-39(60-3)27-15-33)42(43)30-8-20-36(21-9-30)48(55,56)57/h4-27H,1-3H3. The summed E-state index contributed by atoms with van der Waals surface area (Å²) in [5.74, 6) is 1.42. The van der Waals surface area contributed by atoms with Gasteiger partial charge in [0.1, 0.15) is 17.2 Å². The van der Waals surface area contributed by atoms with E-state index in [1.165, 1.54) is 57.7 Å². The SMILES string of the molecule is COc1ccc(-c2c(-c3ccc(OC)cc3)c(-c3ccc(C(F)(F)F)cc3)c(-c3ccc(C(F)(F)F)cc3)c(-c3ccc(OC)cc3)c2-c2ccc(C(F)(F)F)cc2)cc1. The molecule has 0 unspecified atom stereocenters. The highest BCUT2D eigenvalue weighted by molar-refractivity contribution is 6.15. The van der Waals surface area contributed by atoms with Crippen LogP contribution in [0.5, 0.6) is 17.2 Å². The Morgan fingerprint density at radius 1 is 0.250 bits per heavy atom. The van der Waals surface area contributed by atoms with E-state index < -0.39 is 35.2 Å². The van der Waals surface area contributed by atoms with Crippen LogP contribution in [0.3, 0.4) is 0 Å². The van der Waals surface area contributed by atoms with Gasteiger partial charge < -0.3 is 14.2 Å². The van der Waals surface area contributed by atoms with Crippen molar-refractivity contribution in [2.24, 2.45) is 0 Å². The van der Waals surface area contributed by atoms with Gasteiger partial charge >= 0.3 is 18.5 Å². The number of rotatable bonds is 9. The Kier molecular flexibility index (Phi) is 11.2. The fourth-order valence-electron chi connectivity index (χ4n) is 7.23. The van der Waals surface area contributed by atoms with E-state index in [1.807, 2.05) is 0 Å². The fourth-order valence-corrected chi connectivity index (χ4v) is 7.23. The molecule has 7 aromatic carbocycles. The molecule has 0 spiro atoms. The minimum Gasteiger partial charge on any atom is -0.497 e. The maximum Gasteiger partial charge on any atom is 0.416 e. The molecular weight excluding hydrogens is 796 g/mol. The summed E-state index contributed by atoms with van der Waals surface area (Å²) in [5, 5.41) is 0. The molecule has 0 N–H and O–H groups in total. The van der Waals surface area contributed by atoms with Gasteiger partial charge in [0.2, 0.25) is 0 Å². The van der Waals surface area contributed by atoms with Gasteiger partial charge in [-0.05, 0) is 140 Å². The molecule has 0 aromatic heterocycles. The molecule has 0 fully saturated rings. The normalized spacial score (nSPS) is 12.0. The number of benzene rings is 7. The molecule has 0 aliphatic rings. The molecule has 0 saturated heterocycles. The second-order valence-corrected chi connectivity index (χ2v) is 13.7. The highest BCUT2D eigenvalue weighted by Gasteiger charge is 2.35. The van der Waals surface area contributed by atoms with E-state index >= 15 is 0 Å². The van der Waals surface area contributed by atoms with E-state index in [2.05, 4.69) is 0 Å². The maximum absolute atomic E-state index is 14.1. The van der Waals surface area contributed by atoms with Crippen molar-refractivity contribution in [3.05, 3.63) is 162 Å². The first kappa shape index (κ1) is 41.5. The molecule has 0 bridgehead atoms. The average molecular weight is 829 g/mol. The zero-order valence-electron chi connectivity index (χ0n) is 32.0. The van der Waals surface area contributed by atoms with Gasteiger partial charge in [0.05, 0.1) is 38.0 Å². The van der Waals surface area contributed by atoms with Crippen LogP contribution >= 0.6 is 0 Å². The van der Waals surface area contributed by atoms with Crippen molar-refractivity contribution in [2.75, 3.05) is 21.3 Å². The first-order valence-corrected chi connectivity index (χ1v) is 18.2. The molecule has 0 amide bonds. The van der Waals surface area contributed by atoms with Crippen LogP contribution in [0.2, 0.25) is 0 Å². The van der Waals surface area contributed by atoms with E-state index in [1.54, 1.807) is 72.8 Å². The Labute approximate surface area is 339 Å². The number of halogens is 9. The first-order valence-electron chi connectivity index (χ1n) is 18.2. The van der Waals surface area contributed by atoms with Crippen molar-refractivity contribution in [2.45, 2.75) is 18.5 Å². The summed E-state index contributed by atoms with van der Waals surface area (Å²) in [6, 6.07) is 33.8. The van der Waals surface area contributed by atoms with E-state index in [4.69, 9.17) is 14.2 Å². The molecule has 7 rings (SSSR count). The van der Waals surface area contributed by atoms with E-state index in [9.17, 15) is 39.5 Å². The summed E-state index contributed by atoms with van der Waals surface area (Å²) >= 11 is 0. The van der Waals surface area contributed by atoms with Crippen LogP contribution in [0.4, 0.5) is 39.5 Å². The lowest BCUT2D eigenvalue weighted by molar-refractivity contribution is -0.138.